The first-order chi connectivity index (χ1) is 12.6. The van der Waals surface area contributed by atoms with E-state index in [1.54, 1.807) is 0 Å². The number of thioether (sulfide) groups is 1. The average Bonchev–Trinajstić information content (AvgIpc) is 3.02. The number of hydrogen-bond donors (Lipinski definition) is 0. The van der Waals surface area contributed by atoms with Gasteiger partial charge in [0.25, 0.3) is 0 Å². The topological polar surface area (TPSA) is 47.8 Å². The predicted molar refractivity (Wildman–Crippen MR) is 106 cm³/mol. The summed E-state index contributed by atoms with van der Waals surface area (Å²) in [7, 11) is 0. The van der Waals surface area contributed by atoms with Gasteiger partial charge in [-0.1, -0.05) is 86.3 Å². The molecule has 0 radical (unpaired) electrons. The highest BCUT2D eigenvalue weighted by molar-refractivity contribution is 7.99. The van der Waals surface area contributed by atoms with Gasteiger partial charge in [-0.2, -0.15) is 0 Å². The molecular weight excluding hydrogens is 342 g/mol. The van der Waals surface area contributed by atoms with Crippen LogP contribution in [0.5, 0.6) is 0 Å². The van der Waals surface area contributed by atoms with E-state index in [1.807, 2.05) is 48.5 Å². The van der Waals surface area contributed by atoms with Gasteiger partial charge in [-0.3, -0.25) is 4.79 Å². The molecule has 0 saturated carbocycles. The van der Waals surface area contributed by atoms with E-state index in [9.17, 15) is 4.79 Å². The van der Waals surface area contributed by atoms with Crippen molar-refractivity contribution < 1.29 is 4.79 Å². The number of hydrogen-bond acceptors (Lipinski definition) is 4. The molecule has 0 aliphatic heterocycles. The molecule has 26 heavy (non-hydrogen) atoms. The molecule has 0 aliphatic carbocycles. The van der Waals surface area contributed by atoms with Crippen molar-refractivity contribution in [3.8, 4) is 0 Å². The molecule has 5 heteroatoms. The lowest BCUT2D eigenvalue weighted by molar-refractivity contribution is 0.102. The molecule has 0 atom stereocenters. The second-order valence-electron chi connectivity index (χ2n) is 6.64. The summed E-state index contributed by atoms with van der Waals surface area (Å²) in [5, 5.41) is 9.56. The van der Waals surface area contributed by atoms with Crippen molar-refractivity contribution in [2.45, 2.75) is 32.0 Å². The van der Waals surface area contributed by atoms with E-state index in [4.69, 9.17) is 0 Å². The van der Waals surface area contributed by atoms with Gasteiger partial charge < -0.3 is 4.57 Å². The second-order valence-corrected chi connectivity index (χ2v) is 7.59. The van der Waals surface area contributed by atoms with Gasteiger partial charge in [0.05, 0.1) is 5.75 Å². The van der Waals surface area contributed by atoms with Crippen molar-refractivity contribution in [2.75, 3.05) is 5.75 Å². The minimum absolute atomic E-state index is 0.110. The van der Waals surface area contributed by atoms with Crippen LogP contribution in [-0.4, -0.2) is 26.3 Å². The zero-order valence-electron chi connectivity index (χ0n) is 15.1. The Morgan fingerprint density at radius 1 is 1.00 bits per heavy atom. The Morgan fingerprint density at radius 3 is 2.31 bits per heavy atom. The highest BCUT2D eigenvalue weighted by atomic mass is 32.2. The number of ketones is 1. The molecule has 3 aromatic rings. The fourth-order valence-corrected chi connectivity index (χ4v) is 3.58. The molecular formula is C21H23N3OS. The third kappa shape index (κ3) is 4.82. The quantitative estimate of drug-likeness (QED) is 0.436. The van der Waals surface area contributed by atoms with E-state index in [0.29, 0.717) is 11.7 Å². The van der Waals surface area contributed by atoms with Crippen LogP contribution in [0, 0.1) is 5.92 Å². The molecule has 4 nitrogen and oxygen atoms in total. The molecule has 0 spiro atoms. The van der Waals surface area contributed by atoms with Gasteiger partial charge in [-0.15, -0.1) is 10.2 Å². The molecule has 134 valence electrons. The van der Waals surface area contributed by atoms with E-state index in [2.05, 4.69) is 40.7 Å². The van der Waals surface area contributed by atoms with Gasteiger partial charge in [-0.25, -0.2) is 0 Å². The first-order valence-corrected chi connectivity index (χ1v) is 9.79. The van der Waals surface area contributed by atoms with E-state index >= 15 is 0 Å². The summed E-state index contributed by atoms with van der Waals surface area (Å²) >= 11 is 1.46. The van der Waals surface area contributed by atoms with Crippen LogP contribution >= 0.6 is 11.8 Å². The standard InChI is InChI=1S/C21H23N3OS/c1-16(2)14-24-20(13-17-9-5-3-6-10-17)22-23-21(24)26-15-19(25)18-11-7-4-8-12-18/h3-12,16H,13-15H2,1-2H3. The van der Waals surface area contributed by atoms with Crippen LogP contribution in [0.15, 0.2) is 65.8 Å². The number of Topliss-reactive ketones (excluding diaryl/α,β-unsaturated/α-hetero) is 1. The minimum atomic E-state index is 0.110. The van der Waals surface area contributed by atoms with Crippen LogP contribution in [-0.2, 0) is 13.0 Å². The smallest absolute Gasteiger partial charge is 0.191 e. The van der Waals surface area contributed by atoms with Crippen molar-refractivity contribution in [3.05, 3.63) is 77.6 Å². The lowest BCUT2D eigenvalue weighted by Crippen LogP contribution is -2.11. The second kappa shape index (κ2) is 8.81. The molecule has 3 rings (SSSR count). The predicted octanol–water partition coefficient (Wildman–Crippen LogP) is 4.50. The molecule has 0 fully saturated rings. The summed E-state index contributed by atoms with van der Waals surface area (Å²) < 4.78 is 2.15. The van der Waals surface area contributed by atoms with Crippen molar-refractivity contribution in [3.63, 3.8) is 0 Å². The van der Waals surface area contributed by atoms with E-state index in [1.165, 1.54) is 17.3 Å². The molecule has 0 unspecified atom stereocenters. The van der Waals surface area contributed by atoms with Gasteiger partial charge in [0, 0.05) is 18.5 Å². The molecule has 0 amide bonds. The fourth-order valence-electron chi connectivity index (χ4n) is 2.72. The van der Waals surface area contributed by atoms with Crippen LogP contribution in [0.25, 0.3) is 0 Å². The lowest BCUT2D eigenvalue weighted by atomic mass is 10.1. The molecule has 2 aromatic carbocycles. The van der Waals surface area contributed by atoms with Crippen LogP contribution < -0.4 is 0 Å². The molecule has 1 aromatic heterocycles. The number of carbonyl (C=O) groups excluding carboxylic acids is 1. The Bertz CT molecular complexity index is 844. The zero-order chi connectivity index (χ0) is 18.4. The number of nitrogens with zero attached hydrogens (tertiary/aromatic N) is 3. The Hall–Kier alpha value is -2.40. The number of carbonyl (C=O) groups is 1. The number of aromatic nitrogens is 3. The highest BCUT2D eigenvalue weighted by Crippen LogP contribution is 2.21. The summed E-state index contributed by atoms with van der Waals surface area (Å²) in [5.74, 6) is 1.90. The number of benzene rings is 2. The number of rotatable bonds is 8. The first-order valence-electron chi connectivity index (χ1n) is 8.80. The maximum Gasteiger partial charge on any atom is 0.191 e. The molecule has 0 saturated heterocycles. The summed E-state index contributed by atoms with van der Waals surface area (Å²) in [6.07, 6.45) is 0.744. The molecule has 0 N–H and O–H groups in total. The van der Waals surface area contributed by atoms with Crippen LogP contribution in [0.1, 0.15) is 35.6 Å². The summed E-state index contributed by atoms with van der Waals surface area (Å²) in [5.41, 5.74) is 1.95. The average molecular weight is 366 g/mol. The Labute approximate surface area is 158 Å². The van der Waals surface area contributed by atoms with Crippen molar-refractivity contribution >= 4 is 17.5 Å². The maximum absolute atomic E-state index is 12.4. The van der Waals surface area contributed by atoms with Crippen molar-refractivity contribution in [1.29, 1.82) is 0 Å². The molecule has 1 heterocycles. The molecule has 0 aliphatic rings. The van der Waals surface area contributed by atoms with Crippen LogP contribution in [0.3, 0.4) is 0 Å². The van der Waals surface area contributed by atoms with Gasteiger partial charge >= 0.3 is 0 Å². The summed E-state index contributed by atoms with van der Waals surface area (Å²) in [4.78, 5) is 12.4. The Kier molecular flexibility index (Phi) is 6.23. The first kappa shape index (κ1) is 18.4. The summed E-state index contributed by atoms with van der Waals surface area (Å²) in [6, 6.07) is 19.7. The van der Waals surface area contributed by atoms with Crippen molar-refractivity contribution in [2.24, 2.45) is 5.92 Å². The van der Waals surface area contributed by atoms with E-state index in [0.717, 1.165) is 29.5 Å². The fraction of sp³-hybridized carbons (Fsp3) is 0.286. The maximum atomic E-state index is 12.4. The van der Waals surface area contributed by atoms with Gasteiger partial charge in [0.1, 0.15) is 5.82 Å². The molecule has 0 bridgehead atoms. The Balaban J connectivity index is 1.75. The Morgan fingerprint density at radius 2 is 1.65 bits per heavy atom. The third-order valence-electron chi connectivity index (χ3n) is 3.97. The van der Waals surface area contributed by atoms with Gasteiger partial charge in [0.2, 0.25) is 0 Å². The normalized spacial score (nSPS) is 11.0. The SMILES string of the molecule is CC(C)Cn1c(Cc2ccccc2)nnc1SCC(=O)c1ccccc1. The summed E-state index contributed by atoms with van der Waals surface area (Å²) in [6.45, 7) is 5.20. The zero-order valence-corrected chi connectivity index (χ0v) is 15.9. The van der Waals surface area contributed by atoms with Gasteiger partial charge in [0.15, 0.2) is 10.9 Å². The van der Waals surface area contributed by atoms with Crippen LogP contribution in [0.4, 0.5) is 0 Å². The van der Waals surface area contributed by atoms with Gasteiger partial charge in [-0.05, 0) is 11.5 Å². The largest absolute Gasteiger partial charge is 0.305 e. The minimum Gasteiger partial charge on any atom is -0.305 e. The lowest BCUT2D eigenvalue weighted by Gasteiger charge is -2.12. The van der Waals surface area contributed by atoms with E-state index in [-0.39, 0.29) is 5.78 Å². The monoisotopic (exact) mass is 365 g/mol. The van der Waals surface area contributed by atoms with Crippen LogP contribution in [0.2, 0.25) is 0 Å². The van der Waals surface area contributed by atoms with E-state index < -0.39 is 0 Å². The third-order valence-corrected chi connectivity index (χ3v) is 4.94. The highest BCUT2D eigenvalue weighted by Gasteiger charge is 2.16. The van der Waals surface area contributed by atoms with Crippen molar-refractivity contribution in [1.82, 2.24) is 14.8 Å².